The van der Waals surface area contributed by atoms with Gasteiger partial charge in [0.05, 0.1) is 14.2 Å². The summed E-state index contributed by atoms with van der Waals surface area (Å²) in [6, 6.07) is 4.16. The van der Waals surface area contributed by atoms with Gasteiger partial charge < -0.3 is 14.4 Å². The number of hydrogen-bond donors (Lipinski definition) is 0. The Balaban J connectivity index is 1.95. The summed E-state index contributed by atoms with van der Waals surface area (Å²) in [5.41, 5.74) is 2.59. The molecule has 1 heterocycles. The Morgan fingerprint density at radius 1 is 1.08 bits per heavy atom. The fraction of sp³-hybridized carbons (Fsp3) is 0.650. The lowest BCUT2D eigenvalue weighted by atomic mass is 9.98. The summed E-state index contributed by atoms with van der Waals surface area (Å²) < 4.78 is 10.8. The zero-order chi connectivity index (χ0) is 18.2. The molecule has 0 saturated carbocycles. The quantitative estimate of drug-likeness (QED) is 0.688. The number of carbonyl (C=O) groups excluding carboxylic acids is 1. The summed E-state index contributed by atoms with van der Waals surface area (Å²) in [5.74, 6) is 1.85. The van der Waals surface area contributed by atoms with Crippen molar-refractivity contribution in [2.75, 3.05) is 40.4 Å². The van der Waals surface area contributed by atoms with Gasteiger partial charge in [-0.25, -0.2) is 0 Å². The van der Waals surface area contributed by atoms with Gasteiger partial charge in [-0.15, -0.1) is 0 Å². The molecule has 1 aliphatic heterocycles. The molecule has 1 amide bonds. The molecule has 0 spiro atoms. The number of rotatable bonds is 9. The fourth-order valence-electron chi connectivity index (χ4n) is 3.45. The second kappa shape index (κ2) is 9.66. The van der Waals surface area contributed by atoms with Crippen LogP contribution in [0.15, 0.2) is 12.1 Å². The molecule has 0 radical (unpaired) electrons. The standard InChI is InChI=1S/C20H32N2O3/c1-5-9-22(10-6-2)20(23)8-12-21-11-7-16-13-18(24-3)19(25-4)14-17(16)15-21/h13-14H,5-12,15H2,1-4H3. The second-order valence-electron chi connectivity index (χ2n) is 6.63. The van der Waals surface area contributed by atoms with Crippen LogP contribution in [-0.2, 0) is 17.8 Å². The third-order valence-electron chi connectivity index (χ3n) is 4.78. The lowest BCUT2D eigenvalue weighted by molar-refractivity contribution is -0.131. The molecule has 0 fully saturated rings. The molecule has 5 nitrogen and oxygen atoms in total. The molecule has 0 aromatic heterocycles. The first kappa shape index (κ1) is 19.6. The monoisotopic (exact) mass is 348 g/mol. The lowest BCUT2D eigenvalue weighted by Gasteiger charge is -2.30. The highest BCUT2D eigenvalue weighted by Crippen LogP contribution is 2.33. The number of hydrogen-bond acceptors (Lipinski definition) is 4. The predicted molar refractivity (Wildman–Crippen MR) is 100 cm³/mol. The van der Waals surface area contributed by atoms with E-state index >= 15 is 0 Å². The first-order valence-corrected chi connectivity index (χ1v) is 9.36. The van der Waals surface area contributed by atoms with Gasteiger partial charge in [0.15, 0.2) is 11.5 Å². The summed E-state index contributed by atoms with van der Waals surface area (Å²) in [5, 5.41) is 0. The van der Waals surface area contributed by atoms with Crippen molar-refractivity contribution in [1.82, 2.24) is 9.80 Å². The first-order chi connectivity index (χ1) is 12.1. The van der Waals surface area contributed by atoms with Crippen molar-refractivity contribution in [1.29, 1.82) is 0 Å². The van der Waals surface area contributed by atoms with E-state index in [2.05, 4.69) is 30.9 Å². The first-order valence-electron chi connectivity index (χ1n) is 9.36. The van der Waals surface area contributed by atoms with Crippen molar-refractivity contribution in [3.63, 3.8) is 0 Å². The molecule has 1 aromatic carbocycles. The van der Waals surface area contributed by atoms with Crippen LogP contribution >= 0.6 is 0 Å². The van der Waals surface area contributed by atoms with Gasteiger partial charge in [-0.3, -0.25) is 9.69 Å². The van der Waals surface area contributed by atoms with Crippen LogP contribution in [0.2, 0.25) is 0 Å². The zero-order valence-corrected chi connectivity index (χ0v) is 16.1. The number of fused-ring (bicyclic) bond motifs is 1. The maximum absolute atomic E-state index is 12.5. The average molecular weight is 348 g/mol. The third kappa shape index (κ3) is 5.11. The van der Waals surface area contributed by atoms with Crippen molar-refractivity contribution >= 4 is 5.91 Å². The highest BCUT2D eigenvalue weighted by molar-refractivity contribution is 5.76. The molecule has 0 atom stereocenters. The highest BCUT2D eigenvalue weighted by Gasteiger charge is 2.21. The molecule has 0 aliphatic carbocycles. The zero-order valence-electron chi connectivity index (χ0n) is 16.1. The van der Waals surface area contributed by atoms with E-state index in [-0.39, 0.29) is 5.91 Å². The molecule has 0 saturated heterocycles. The predicted octanol–water partition coefficient (Wildman–Crippen LogP) is 3.10. The number of carbonyl (C=O) groups is 1. The molecular weight excluding hydrogens is 316 g/mol. The van der Waals surface area contributed by atoms with Crippen LogP contribution in [-0.4, -0.2) is 56.1 Å². The van der Waals surface area contributed by atoms with Crippen LogP contribution in [0.1, 0.15) is 44.2 Å². The molecule has 1 aromatic rings. The Bertz CT molecular complexity index is 568. The molecule has 140 valence electrons. The van der Waals surface area contributed by atoms with Gasteiger partial charge in [0, 0.05) is 39.1 Å². The van der Waals surface area contributed by atoms with Gasteiger partial charge in [0.2, 0.25) is 5.91 Å². The molecule has 0 bridgehead atoms. The van der Waals surface area contributed by atoms with Crippen LogP contribution in [0.5, 0.6) is 11.5 Å². The van der Waals surface area contributed by atoms with Crippen LogP contribution in [0, 0.1) is 0 Å². The van der Waals surface area contributed by atoms with E-state index in [4.69, 9.17) is 9.47 Å². The topological polar surface area (TPSA) is 42.0 Å². The summed E-state index contributed by atoms with van der Waals surface area (Å²) in [4.78, 5) is 16.8. The largest absolute Gasteiger partial charge is 0.493 e. The van der Waals surface area contributed by atoms with Gasteiger partial charge >= 0.3 is 0 Å². The van der Waals surface area contributed by atoms with Crippen molar-refractivity contribution < 1.29 is 14.3 Å². The second-order valence-corrected chi connectivity index (χ2v) is 6.63. The Morgan fingerprint density at radius 3 is 2.24 bits per heavy atom. The number of methoxy groups -OCH3 is 2. The van der Waals surface area contributed by atoms with Crippen molar-refractivity contribution in [3.05, 3.63) is 23.3 Å². The number of nitrogens with zero attached hydrogens (tertiary/aromatic N) is 2. The van der Waals surface area contributed by atoms with E-state index in [1.165, 1.54) is 11.1 Å². The SMILES string of the molecule is CCCN(CCC)C(=O)CCN1CCc2cc(OC)c(OC)cc2C1. The minimum atomic E-state index is 0.279. The van der Waals surface area contributed by atoms with E-state index in [1.54, 1.807) is 14.2 Å². The molecular formula is C20H32N2O3. The van der Waals surface area contributed by atoms with Gasteiger partial charge in [0.1, 0.15) is 0 Å². The fourth-order valence-corrected chi connectivity index (χ4v) is 3.45. The van der Waals surface area contributed by atoms with Crippen molar-refractivity contribution in [2.24, 2.45) is 0 Å². The maximum Gasteiger partial charge on any atom is 0.223 e. The molecule has 5 heteroatoms. The average Bonchev–Trinajstić information content (AvgIpc) is 2.64. The minimum Gasteiger partial charge on any atom is -0.493 e. The Kier molecular flexibility index (Phi) is 7.56. The molecule has 0 N–H and O–H groups in total. The van der Waals surface area contributed by atoms with E-state index in [1.807, 2.05) is 4.90 Å². The van der Waals surface area contributed by atoms with Crippen LogP contribution in [0.3, 0.4) is 0 Å². The number of ether oxygens (including phenoxy) is 2. The summed E-state index contributed by atoms with van der Waals surface area (Å²) in [6.45, 7) is 8.65. The molecule has 1 aliphatic rings. The number of benzene rings is 1. The van der Waals surface area contributed by atoms with E-state index < -0.39 is 0 Å². The van der Waals surface area contributed by atoms with Gasteiger partial charge in [0.25, 0.3) is 0 Å². The van der Waals surface area contributed by atoms with Crippen molar-refractivity contribution in [2.45, 2.75) is 46.1 Å². The normalized spacial score (nSPS) is 14.1. The van der Waals surface area contributed by atoms with E-state index in [9.17, 15) is 4.79 Å². The third-order valence-corrected chi connectivity index (χ3v) is 4.78. The highest BCUT2D eigenvalue weighted by atomic mass is 16.5. The Hall–Kier alpha value is -1.75. The smallest absolute Gasteiger partial charge is 0.223 e. The lowest BCUT2D eigenvalue weighted by Crippen LogP contribution is -2.37. The molecule has 2 rings (SSSR count). The van der Waals surface area contributed by atoms with E-state index in [0.717, 1.165) is 63.5 Å². The summed E-state index contributed by atoms with van der Waals surface area (Å²) in [7, 11) is 3.34. The summed E-state index contributed by atoms with van der Waals surface area (Å²) in [6.07, 6.45) is 3.62. The van der Waals surface area contributed by atoms with Gasteiger partial charge in [-0.1, -0.05) is 13.8 Å². The van der Waals surface area contributed by atoms with Crippen molar-refractivity contribution in [3.8, 4) is 11.5 Å². The van der Waals surface area contributed by atoms with E-state index in [0.29, 0.717) is 6.42 Å². The van der Waals surface area contributed by atoms with Crippen LogP contribution in [0.4, 0.5) is 0 Å². The molecule has 25 heavy (non-hydrogen) atoms. The van der Waals surface area contributed by atoms with Gasteiger partial charge in [-0.2, -0.15) is 0 Å². The number of amides is 1. The Labute approximate surface area is 151 Å². The maximum atomic E-state index is 12.5. The molecule has 0 unspecified atom stereocenters. The van der Waals surface area contributed by atoms with Gasteiger partial charge in [-0.05, 0) is 42.5 Å². The Morgan fingerprint density at radius 2 is 1.68 bits per heavy atom. The van der Waals surface area contributed by atoms with Crippen LogP contribution in [0.25, 0.3) is 0 Å². The van der Waals surface area contributed by atoms with Crippen LogP contribution < -0.4 is 9.47 Å². The summed E-state index contributed by atoms with van der Waals surface area (Å²) >= 11 is 0. The minimum absolute atomic E-state index is 0.279.